The van der Waals surface area contributed by atoms with Crippen LogP contribution in [0.2, 0.25) is 0 Å². The van der Waals surface area contributed by atoms with E-state index >= 15 is 0 Å². The lowest BCUT2D eigenvalue weighted by Gasteiger charge is -2.26. The molecule has 0 aromatic heterocycles. The molecule has 1 aromatic carbocycles. The van der Waals surface area contributed by atoms with E-state index in [4.69, 9.17) is 4.74 Å². The molecule has 2 fully saturated rings. The van der Waals surface area contributed by atoms with Gasteiger partial charge in [-0.2, -0.15) is 0 Å². The summed E-state index contributed by atoms with van der Waals surface area (Å²) in [7, 11) is 1.78. The number of guanidine groups is 1. The van der Waals surface area contributed by atoms with Gasteiger partial charge in [0.1, 0.15) is 12.4 Å². The Bertz CT molecular complexity index is 670. The second-order valence-corrected chi connectivity index (χ2v) is 7.86. The molecule has 1 aliphatic carbocycles. The van der Waals surface area contributed by atoms with Crippen molar-refractivity contribution < 1.29 is 9.53 Å². The summed E-state index contributed by atoms with van der Waals surface area (Å²) < 4.78 is 5.82. The number of aryl methyl sites for hydroxylation is 1. The molecular formula is C22H34N4O2. The molecule has 1 aliphatic heterocycles. The molecule has 1 heterocycles. The van der Waals surface area contributed by atoms with Crippen molar-refractivity contribution in [1.29, 1.82) is 0 Å². The van der Waals surface area contributed by atoms with E-state index in [1.54, 1.807) is 7.05 Å². The van der Waals surface area contributed by atoms with Gasteiger partial charge in [-0.25, -0.2) is 0 Å². The minimum absolute atomic E-state index is 0.253. The third-order valence-corrected chi connectivity index (χ3v) is 5.76. The molecule has 1 saturated heterocycles. The molecule has 154 valence electrons. The van der Waals surface area contributed by atoms with Crippen molar-refractivity contribution in [2.24, 2.45) is 10.9 Å². The molecule has 1 saturated carbocycles. The maximum Gasteiger partial charge on any atom is 0.225 e. The summed E-state index contributed by atoms with van der Waals surface area (Å²) >= 11 is 0. The molecule has 1 unspecified atom stereocenters. The predicted octanol–water partition coefficient (Wildman–Crippen LogP) is 2.72. The number of nitrogens with zero attached hydrogens (tertiary/aromatic N) is 2. The van der Waals surface area contributed by atoms with Gasteiger partial charge in [-0.3, -0.25) is 9.79 Å². The number of carbonyl (C=O) groups excluding carboxylic acids is 1. The zero-order valence-electron chi connectivity index (χ0n) is 17.2. The number of amides is 1. The summed E-state index contributed by atoms with van der Waals surface area (Å²) in [6.45, 7) is 4.91. The molecule has 2 N–H and O–H groups in total. The summed E-state index contributed by atoms with van der Waals surface area (Å²) in [4.78, 5) is 19.1. The number of para-hydroxylation sites is 1. The Morgan fingerprint density at radius 3 is 2.75 bits per heavy atom. The number of hydrogen-bond acceptors (Lipinski definition) is 3. The van der Waals surface area contributed by atoms with Crippen molar-refractivity contribution in [2.45, 2.75) is 51.5 Å². The van der Waals surface area contributed by atoms with Gasteiger partial charge in [0.25, 0.3) is 0 Å². The van der Waals surface area contributed by atoms with Gasteiger partial charge < -0.3 is 20.3 Å². The van der Waals surface area contributed by atoms with Gasteiger partial charge in [0.15, 0.2) is 5.96 Å². The van der Waals surface area contributed by atoms with Gasteiger partial charge in [0.05, 0.1) is 6.54 Å². The van der Waals surface area contributed by atoms with Gasteiger partial charge in [-0.1, -0.05) is 37.5 Å². The number of benzene rings is 1. The zero-order chi connectivity index (χ0) is 19.8. The highest BCUT2D eigenvalue weighted by Crippen LogP contribution is 2.26. The molecule has 1 amide bonds. The second kappa shape index (κ2) is 10.3. The number of rotatable bonds is 6. The quantitative estimate of drug-likeness (QED) is 0.448. The van der Waals surface area contributed by atoms with E-state index in [2.05, 4.69) is 15.6 Å². The van der Waals surface area contributed by atoms with E-state index in [0.717, 1.165) is 49.6 Å². The molecule has 0 spiro atoms. The molecule has 0 radical (unpaired) electrons. The third-order valence-electron chi connectivity index (χ3n) is 5.76. The smallest absolute Gasteiger partial charge is 0.225 e. The Labute approximate surface area is 168 Å². The molecule has 3 rings (SSSR count). The van der Waals surface area contributed by atoms with E-state index in [-0.39, 0.29) is 12.0 Å². The minimum atomic E-state index is 0.253. The van der Waals surface area contributed by atoms with E-state index in [1.165, 1.54) is 19.3 Å². The average Bonchev–Trinajstić information content (AvgIpc) is 3.20. The van der Waals surface area contributed by atoms with Crippen molar-refractivity contribution in [3.63, 3.8) is 0 Å². The topological polar surface area (TPSA) is 66.0 Å². The van der Waals surface area contributed by atoms with Gasteiger partial charge in [0.2, 0.25) is 5.91 Å². The highest BCUT2D eigenvalue weighted by atomic mass is 16.5. The van der Waals surface area contributed by atoms with Gasteiger partial charge in [0, 0.05) is 32.1 Å². The van der Waals surface area contributed by atoms with Crippen LogP contribution in [0.15, 0.2) is 29.3 Å². The maximum atomic E-state index is 12.7. The maximum absolute atomic E-state index is 12.7. The second-order valence-electron chi connectivity index (χ2n) is 7.86. The molecule has 6 nitrogen and oxygen atoms in total. The lowest BCUT2D eigenvalue weighted by atomic mass is 9.88. The lowest BCUT2D eigenvalue weighted by Crippen LogP contribution is -2.46. The first kappa shape index (κ1) is 20.5. The van der Waals surface area contributed by atoms with E-state index in [0.29, 0.717) is 19.1 Å². The van der Waals surface area contributed by atoms with Crippen molar-refractivity contribution in [3.05, 3.63) is 29.8 Å². The van der Waals surface area contributed by atoms with E-state index in [9.17, 15) is 4.79 Å². The van der Waals surface area contributed by atoms with Crippen LogP contribution in [0.25, 0.3) is 0 Å². The number of aliphatic imine (C=N–C) groups is 1. The zero-order valence-corrected chi connectivity index (χ0v) is 17.2. The molecule has 1 atom stereocenters. The first-order valence-electron chi connectivity index (χ1n) is 10.6. The van der Waals surface area contributed by atoms with Gasteiger partial charge in [-0.15, -0.1) is 0 Å². The predicted molar refractivity (Wildman–Crippen MR) is 113 cm³/mol. The van der Waals surface area contributed by atoms with Crippen molar-refractivity contribution in [2.75, 3.05) is 33.3 Å². The van der Waals surface area contributed by atoms with Crippen LogP contribution in [0, 0.1) is 12.8 Å². The Morgan fingerprint density at radius 2 is 2.00 bits per heavy atom. The molecule has 28 heavy (non-hydrogen) atoms. The molecule has 2 aliphatic rings. The highest BCUT2D eigenvalue weighted by molar-refractivity contribution is 5.81. The summed E-state index contributed by atoms with van der Waals surface area (Å²) in [5.41, 5.74) is 1.14. The first-order valence-corrected chi connectivity index (χ1v) is 10.6. The van der Waals surface area contributed by atoms with Crippen LogP contribution in [0.3, 0.4) is 0 Å². The lowest BCUT2D eigenvalue weighted by molar-refractivity contribution is -0.135. The van der Waals surface area contributed by atoms with Crippen LogP contribution >= 0.6 is 0 Å². The Balaban J connectivity index is 1.38. The van der Waals surface area contributed by atoms with Crippen molar-refractivity contribution in [1.82, 2.24) is 15.5 Å². The summed E-state index contributed by atoms with van der Waals surface area (Å²) in [6, 6.07) is 8.28. The average molecular weight is 387 g/mol. The molecule has 6 heteroatoms. The Morgan fingerprint density at radius 1 is 1.21 bits per heavy atom. The van der Waals surface area contributed by atoms with Crippen molar-refractivity contribution in [3.8, 4) is 5.75 Å². The molecule has 1 aromatic rings. The SMILES string of the molecule is CN=C(NCCOc1ccccc1C)NC1CCN(C(=O)C2CCCCC2)C1. The van der Waals surface area contributed by atoms with Gasteiger partial charge >= 0.3 is 0 Å². The Hall–Kier alpha value is -2.24. The van der Waals surface area contributed by atoms with Crippen LogP contribution in [-0.4, -0.2) is 56.1 Å². The molecular weight excluding hydrogens is 352 g/mol. The monoisotopic (exact) mass is 386 g/mol. The van der Waals surface area contributed by atoms with E-state index in [1.807, 2.05) is 36.1 Å². The number of ether oxygens (including phenoxy) is 1. The van der Waals surface area contributed by atoms with Crippen molar-refractivity contribution >= 4 is 11.9 Å². The van der Waals surface area contributed by atoms with Crippen LogP contribution in [0.4, 0.5) is 0 Å². The van der Waals surface area contributed by atoms with Crippen LogP contribution in [0.1, 0.15) is 44.1 Å². The standard InChI is InChI=1S/C22H34N4O2/c1-17-8-6-7-11-20(17)28-15-13-24-22(23-2)25-19-12-14-26(16-19)21(27)18-9-4-3-5-10-18/h6-8,11,18-19H,3-5,9-10,12-16H2,1-2H3,(H2,23,24,25). The normalized spacial score (nSPS) is 20.9. The van der Waals surface area contributed by atoms with Crippen LogP contribution < -0.4 is 15.4 Å². The Kier molecular flexibility index (Phi) is 7.57. The largest absolute Gasteiger partial charge is 0.491 e. The van der Waals surface area contributed by atoms with E-state index < -0.39 is 0 Å². The fourth-order valence-electron chi connectivity index (χ4n) is 4.12. The number of hydrogen-bond donors (Lipinski definition) is 2. The fourth-order valence-corrected chi connectivity index (χ4v) is 4.12. The summed E-state index contributed by atoms with van der Waals surface area (Å²) in [6.07, 6.45) is 6.79. The third kappa shape index (κ3) is 5.63. The number of carbonyl (C=O) groups is 1. The van der Waals surface area contributed by atoms with Crippen LogP contribution in [-0.2, 0) is 4.79 Å². The fraction of sp³-hybridized carbons (Fsp3) is 0.636. The first-order chi connectivity index (χ1) is 13.7. The van der Waals surface area contributed by atoms with Crippen LogP contribution in [0.5, 0.6) is 5.75 Å². The highest BCUT2D eigenvalue weighted by Gasteiger charge is 2.31. The van der Waals surface area contributed by atoms with Gasteiger partial charge in [-0.05, 0) is 37.8 Å². The summed E-state index contributed by atoms with van der Waals surface area (Å²) in [5.74, 6) is 2.30. The summed E-state index contributed by atoms with van der Waals surface area (Å²) in [5, 5.41) is 6.76. The number of likely N-dealkylation sites (tertiary alicyclic amines) is 1. The minimum Gasteiger partial charge on any atom is -0.491 e. The molecule has 0 bridgehead atoms. The number of nitrogens with one attached hydrogen (secondary N) is 2.